The van der Waals surface area contributed by atoms with Crippen molar-refractivity contribution in [3.8, 4) is 0 Å². The molecule has 0 saturated carbocycles. The summed E-state index contributed by atoms with van der Waals surface area (Å²) in [5, 5.41) is 0. The quantitative estimate of drug-likeness (QED) is 0.623. The van der Waals surface area contributed by atoms with Crippen molar-refractivity contribution < 1.29 is 12.9 Å². The fourth-order valence-electron chi connectivity index (χ4n) is 1.79. The summed E-state index contributed by atoms with van der Waals surface area (Å²) in [4.78, 5) is 2.00. The average molecular weight is 200 g/mol. The molecule has 1 heterocycles. The largest absolute Gasteiger partial charge is 0.509 e. The second kappa shape index (κ2) is 3.02. The summed E-state index contributed by atoms with van der Waals surface area (Å²) in [5.41, 5.74) is 1.33. The van der Waals surface area contributed by atoms with E-state index in [2.05, 4.69) is 0 Å². The van der Waals surface area contributed by atoms with Crippen LogP contribution in [0.2, 0.25) is 0 Å². The molecule has 1 aliphatic rings. The third-order valence-electron chi connectivity index (χ3n) is 2.49. The number of nitrogens with zero attached hydrogens (tertiary/aromatic N) is 1. The van der Waals surface area contributed by atoms with Crippen LogP contribution in [0.15, 0.2) is 18.2 Å². The normalized spacial score (nSPS) is 17.1. The first-order chi connectivity index (χ1) is 6.47. The summed E-state index contributed by atoms with van der Waals surface area (Å²) in [5.74, 6) is 0. The Morgan fingerprint density at radius 2 is 1.79 bits per heavy atom. The van der Waals surface area contributed by atoms with Crippen LogP contribution in [-0.4, -0.2) is 18.9 Å². The van der Waals surface area contributed by atoms with E-state index < -0.39 is 12.4 Å². The van der Waals surface area contributed by atoms with Crippen LogP contribution in [0, 0.1) is 0 Å². The second-order valence-corrected chi connectivity index (χ2v) is 3.78. The molecule has 1 nitrogen and oxygen atoms in total. The molecule has 0 aromatic heterocycles. The highest BCUT2D eigenvalue weighted by Gasteiger charge is 2.27. The minimum Gasteiger partial charge on any atom is -0.445 e. The van der Waals surface area contributed by atoms with E-state index in [0.29, 0.717) is 6.54 Å². The van der Waals surface area contributed by atoms with Gasteiger partial charge in [-0.2, -0.15) is 0 Å². The average Bonchev–Trinajstić information content (AvgIpc) is 2.41. The molecule has 5 heteroatoms. The monoisotopic (exact) mass is 200 g/mol. The van der Waals surface area contributed by atoms with Crippen LogP contribution in [0.25, 0.3) is 0 Å². The van der Waals surface area contributed by atoms with Crippen molar-refractivity contribution >= 4 is 12.4 Å². The zero-order valence-corrected chi connectivity index (χ0v) is 7.80. The van der Waals surface area contributed by atoms with Gasteiger partial charge in [-0.25, -0.2) is 0 Å². The van der Waals surface area contributed by atoms with E-state index in [9.17, 15) is 12.9 Å². The number of hydrogen-bond donors (Lipinski definition) is 0. The number of hydrogen-bond acceptors (Lipinski definition) is 1. The van der Waals surface area contributed by atoms with Crippen LogP contribution in [0.5, 0.6) is 0 Å². The van der Waals surface area contributed by atoms with Crippen molar-refractivity contribution in [1.82, 2.24) is 4.90 Å². The molecule has 0 fully saturated rings. The Balaban J connectivity index is 2.38. The third-order valence-corrected chi connectivity index (χ3v) is 2.49. The maximum Gasteiger partial charge on any atom is 0.509 e. The van der Waals surface area contributed by atoms with Crippen molar-refractivity contribution in [2.45, 2.75) is 13.1 Å². The van der Waals surface area contributed by atoms with Crippen molar-refractivity contribution in [3.63, 3.8) is 0 Å². The summed E-state index contributed by atoms with van der Waals surface area (Å²) in [7, 11) is 1.90. The number of fused-ring (bicyclic) bond motifs is 1. The maximum absolute atomic E-state index is 12.4. The minimum atomic E-state index is -4.85. The van der Waals surface area contributed by atoms with Gasteiger partial charge < -0.3 is 12.9 Å². The highest BCUT2D eigenvalue weighted by atomic mass is 19.4. The van der Waals surface area contributed by atoms with E-state index >= 15 is 0 Å². The van der Waals surface area contributed by atoms with E-state index in [4.69, 9.17) is 0 Å². The maximum atomic E-state index is 12.4. The summed E-state index contributed by atoms with van der Waals surface area (Å²) in [6, 6.07) is 4.04. The summed E-state index contributed by atoms with van der Waals surface area (Å²) in [6.07, 6.45) is 0. The van der Waals surface area contributed by atoms with Gasteiger partial charge in [0.05, 0.1) is 0 Å². The summed E-state index contributed by atoms with van der Waals surface area (Å²) in [6.45, 7) is -3.48. The van der Waals surface area contributed by atoms with Crippen LogP contribution >= 0.6 is 0 Å². The first-order valence-electron chi connectivity index (χ1n) is 4.47. The molecular formula is C9H10BF3N-. The molecule has 2 rings (SSSR count). The molecule has 0 saturated heterocycles. The smallest absolute Gasteiger partial charge is 0.445 e. The Morgan fingerprint density at radius 1 is 1.14 bits per heavy atom. The molecular weight excluding hydrogens is 190 g/mol. The van der Waals surface area contributed by atoms with Gasteiger partial charge in [0, 0.05) is 13.1 Å². The number of halogens is 3. The second-order valence-electron chi connectivity index (χ2n) is 3.78. The van der Waals surface area contributed by atoms with Crippen LogP contribution in [0.3, 0.4) is 0 Å². The molecule has 0 amide bonds. The highest BCUT2D eigenvalue weighted by molar-refractivity contribution is 6.73. The molecule has 14 heavy (non-hydrogen) atoms. The first-order valence-corrected chi connectivity index (χ1v) is 4.47. The molecule has 0 bridgehead atoms. The lowest BCUT2D eigenvalue weighted by molar-refractivity contribution is 0.353. The zero-order valence-electron chi connectivity index (χ0n) is 7.80. The van der Waals surface area contributed by atoms with Gasteiger partial charge in [-0.15, -0.1) is 5.46 Å². The van der Waals surface area contributed by atoms with E-state index in [-0.39, 0.29) is 0 Å². The molecule has 76 valence electrons. The van der Waals surface area contributed by atoms with Crippen LogP contribution in [0.1, 0.15) is 11.1 Å². The van der Waals surface area contributed by atoms with Crippen LogP contribution < -0.4 is 5.46 Å². The Bertz CT molecular complexity index is 362. The van der Waals surface area contributed by atoms with Crippen molar-refractivity contribution in [3.05, 3.63) is 29.3 Å². The fraction of sp³-hybridized carbons (Fsp3) is 0.333. The Morgan fingerprint density at radius 3 is 2.43 bits per heavy atom. The lowest BCUT2D eigenvalue weighted by Crippen LogP contribution is -2.34. The lowest BCUT2D eigenvalue weighted by Gasteiger charge is -2.15. The standard InChI is InChI=1S/C9H10BF3N/c1-14-5-7-2-3-9(10(11,12)13)4-8(7)6-14/h2-4H,5-6H2,1H3/q-1. The summed E-state index contributed by atoms with van der Waals surface area (Å²) >= 11 is 0. The summed E-state index contributed by atoms with van der Waals surface area (Å²) < 4.78 is 37.2. The van der Waals surface area contributed by atoms with Gasteiger partial charge >= 0.3 is 6.98 Å². The molecule has 0 unspecified atom stereocenters. The van der Waals surface area contributed by atoms with Gasteiger partial charge in [-0.05, 0) is 18.2 Å². The Hall–Kier alpha value is -0.965. The molecule has 1 aliphatic heterocycles. The van der Waals surface area contributed by atoms with Gasteiger partial charge in [0.15, 0.2) is 0 Å². The van der Waals surface area contributed by atoms with Gasteiger partial charge in [0.1, 0.15) is 0 Å². The minimum absolute atomic E-state index is 0.487. The molecule has 1 aromatic carbocycles. The van der Waals surface area contributed by atoms with Crippen molar-refractivity contribution in [2.24, 2.45) is 0 Å². The van der Waals surface area contributed by atoms with Gasteiger partial charge in [0.2, 0.25) is 0 Å². The van der Waals surface area contributed by atoms with Crippen LogP contribution in [0.4, 0.5) is 12.9 Å². The van der Waals surface area contributed by atoms with Crippen LogP contribution in [-0.2, 0) is 13.1 Å². The molecule has 0 aliphatic carbocycles. The first kappa shape index (κ1) is 9.58. The number of benzene rings is 1. The third kappa shape index (κ3) is 1.64. The Kier molecular flexibility index (Phi) is 2.07. The molecule has 0 atom stereocenters. The molecule has 1 aromatic rings. The number of rotatable bonds is 1. The van der Waals surface area contributed by atoms with E-state index in [0.717, 1.165) is 17.7 Å². The topological polar surface area (TPSA) is 3.24 Å². The van der Waals surface area contributed by atoms with Gasteiger partial charge in [-0.1, -0.05) is 18.2 Å². The predicted octanol–water partition coefficient (Wildman–Crippen LogP) is 1.69. The molecule has 0 spiro atoms. The van der Waals surface area contributed by atoms with Crippen molar-refractivity contribution in [2.75, 3.05) is 7.05 Å². The zero-order chi connectivity index (χ0) is 10.3. The molecule has 0 radical (unpaired) electrons. The molecule has 0 N–H and O–H groups in total. The van der Waals surface area contributed by atoms with Gasteiger partial charge in [0.25, 0.3) is 0 Å². The Labute approximate surface area is 80.6 Å². The lowest BCUT2D eigenvalue weighted by atomic mass is 9.79. The fourth-order valence-corrected chi connectivity index (χ4v) is 1.79. The van der Waals surface area contributed by atoms with E-state index in [1.165, 1.54) is 12.1 Å². The van der Waals surface area contributed by atoms with E-state index in [1.807, 2.05) is 11.9 Å². The van der Waals surface area contributed by atoms with Gasteiger partial charge in [-0.3, -0.25) is 4.90 Å². The van der Waals surface area contributed by atoms with E-state index in [1.54, 1.807) is 6.07 Å². The highest BCUT2D eigenvalue weighted by Crippen LogP contribution is 2.21. The predicted molar refractivity (Wildman–Crippen MR) is 50.3 cm³/mol. The van der Waals surface area contributed by atoms with Crippen molar-refractivity contribution in [1.29, 1.82) is 0 Å². The SMILES string of the molecule is CN1Cc2ccc([B-](F)(F)F)cc2C1.